The van der Waals surface area contributed by atoms with E-state index in [-0.39, 0.29) is 16.1 Å². The van der Waals surface area contributed by atoms with Crippen molar-refractivity contribution in [1.82, 2.24) is 0 Å². The van der Waals surface area contributed by atoms with Crippen molar-refractivity contribution in [3.05, 3.63) is 56.1 Å². The standard InChI is InChI=1S/C19H19ClF2N2O3/c1-8-5-11(15-12(22)6-10(21)7-13(15)24(26)27)16(20)14-9(2)18(25)19(3,4)23-17(8)14/h5-7,9,18,23,25H,1-4H3. The molecular weight excluding hydrogens is 378 g/mol. The van der Waals surface area contributed by atoms with E-state index in [0.29, 0.717) is 28.9 Å². The van der Waals surface area contributed by atoms with Crippen molar-refractivity contribution in [2.45, 2.75) is 45.3 Å². The summed E-state index contributed by atoms with van der Waals surface area (Å²) in [5.41, 5.74) is 0.352. The number of hydrogen-bond donors (Lipinski definition) is 2. The molecule has 0 fully saturated rings. The molecule has 2 N–H and O–H groups in total. The second kappa shape index (κ2) is 6.42. The Hall–Kier alpha value is -2.25. The Bertz CT molecular complexity index is 963. The molecule has 1 heterocycles. The number of nitro benzene ring substituents is 1. The Labute approximate surface area is 160 Å². The fourth-order valence-electron chi connectivity index (χ4n) is 3.74. The Kier molecular flexibility index (Phi) is 4.64. The van der Waals surface area contributed by atoms with E-state index >= 15 is 0 Å². The molecule has 0 saturated heterocycles. The maximum absolute atomic E-state index is 14.5. The van der Waals surface area contributed by atoms with Gasteiger partial charge in [0.15, 0.2) is 0 Å². The highest BCUT2D eigenvalue weighted by Gasteiger charge is 2.41. The van der Waals surface area contributed by atoms with Crippen molar-refractivity contribution in [2.75, 3.05) is 5.32 Å². The molecule has 5 nitrogen and oxygen atoms in total. The predicted octanol–water partition coefficient (Wildman–Crippen LogP) is 5.17. The second-order valence-electron chi connectivity index (χ2n) is 7.46. The number of fused-ring (bicyclic) bond motifs is 1. The zero-order chi connectivity index (χ0) is 20.3. The summed E-state index contributed by atoms with van der Waals surface area (Å²) in [6.07, 6.45) is -0.787. The van der Waals surface area contributed by atoms with Crippen LogP contribution in [-0.2, 0) is 0 Å². The number of aryl methyl sites for hydroxylation is 1. The Morgan fingerprint density at radius 2 is 1.93 bits per heavy atom. The number of halogens is 3. The SMILES string of the molecule is Cc1cc(-c2c(F)cc(F)cc2[N+](=O)[O-])c(Cl)c2c1NC(C)(C)C(O)C2C. The Morgan fingerprint density at radius 3 is 2.52 bits per heavy atom. The van der Waals surface area contributed by atoms with Crippen molar-refractivity contribution < 1.29 is 18.8 Å². The van der Waals surface area contributed by atoms with Crippen LogP contribution < -0.4 is 5.32 Å². The number of hydrogen-bond acceptors (Lipinski definition) is 4. The number of aliphatic hydroxyl groups is 1. The monoisotopic (exact) mass is 396 g/mol. The molecule has 27 heavy (non-hydrogen) atoms. The van der Waals surface area contributed by atoms with Crippen LogP contribution in [0.25, 0.3) is 11.1 Å². The molecule has 0 bridgehead atoms. The van der Waals surface area contributed by atoms with Crippen LogP contribution >= 0.6 is 11.6 Å². The molecule has 0 radical (unpaired) electrons. The van der Waals surface area contributed by atoms with E-state index < -0.39 is 39.8 Å². The zero-order valence-electron chi connectivity index (χ0n) is 15.2. The third-order valence-electron chi connectivity index (χ3n) is 5.11. The highest BCUT2D eigenvalue weighted by Crippen LogP contribution is 2.49. The van der Waals surface area contributed by atoms with Gasteiger partial charge < -0.3 is 10.4 Å². The molecule has 8 heteroatoms. The van der Waals surface area contributed by atoms with Crippen molar-refractivity contribution in [2.24, 2.45) is 0 Å². The minimum atomic E-state index is -1.07. The van der Waals surface area contributed by atoms with Gasteiger partial charge in [-0.25, -0.2) is 8.78 Å². The van der Waals surface area contributed by atoms with Crippen LogP contribution in [0, 0.1) is 28.7 Å². The van der Waals surface area contributed by atoms with Crippen molar-refractivity contribution in [3.8, 4) is 11.1 Å². The normalized spacial score (nSPS) is 20.7. The fourth-order valence-corrected chi connectivity index (χ4v) is 4.16. The number of nitrogens with zero attached hydrogens (tertiary/aromatic N) is 1. The summed E-state index contributed by atoms with van der Waals surface area (Å²) < 4.78 is 28.0. The molecule has 0 amide bonds. The minimum Gasteiger partial charge on any atom is -0.390 e. The number of benzene rings is 2. The van der Waals surface area contributed by atoms with E-state index in [4.69, 9.17) is 11.6 Å². The molecule has 3 rings (SSSR count). The Balaban J connectivity index is 2.34. The number of aliphatic hydroxyl groups excluding tert-OH is 1. The lowest BCUT2D eigenvalue weighted by atomic mass is 9.77. The van der Waals surface area contributed by atoms with Crippen LogP contribution in [-0.4, -0.2) is 21.7 Å². The lowest BCUT2D eigenvalue weighted by Gasteiger charge is -2.43. The summed E-state index contributed by atoms with van der Waals surface area (Å²) in [6, 6.07) is 2.80. The topological polar surface area (TPSA) is 75.4 Å². The van der Waals surface area contributed by atoms with Gasteiger partial charge in [-0.2, -0.15) is 0 Å². The van der Waals surface area contributed by atoms with Gasteiger partial charge in [0, 0.05) is 28.8 Å². The maximum Gasteiger partial charge on any atom is 0.283 e. The second-order valence-corrected chi connectivity index (χ2v) is 7.84. The van der Waals surface area contributed by atoms with E-state index in [9.17, 15) is 24.0 Å². The molecule has 0 aliphatic carbocycles. The van der Waals surface area contributed by atoms with Gasteiger partial charge in [0.1, 0.15) is 11.6 Å². The van der Waals surface area contributed by atoms with Gasteiger partial charge >= 0.3 is 0 Å². The summed E-state index contributed by atoms with van der Waals surface area (Å²) in [7, 11) is 0. The molecular formula is C19H19ClF2N2O3. The highest BCUT2D eigenvalue weighted by molar-refractivity contribution is 6.35. The summed E-state index contributed by atoms with van der Waals surface area (Å²) in [5.74, 6) is -2.51. The van der Waals surface area contributed by atoms with E-state index in [1.807, 2.05) is 13.8 Å². The average Bonchev–Trinajstić information content (AvgIpc) is 2.55. The van der Waals surface area contributed by atoms with Crippen LogP contribution in [0.4, 0.5) is 20.2 Å². The lowest BCUT2D eigenvalue weighted by Crippen LogP contribution is -2.50. The van der Waals surface area contributed by atoms with Crippen LogP contribution in [0.15, 0.2) is 18.2 Å². The zero-order valence-corrected chi connectivity index (χ0v) is 16.0. The van der Waals surface area contributed by atoms with Gasteiger partial charge in [-0.15, -0.1) is 0 Å². The first-order valence-corrected chi connectivity index (χ1v) is 8.76. The molecule has 1 aliphatic heterocycles. The summed E-state index contributed by atoms with van der Waals surface area (Å²) in [4.78, 5) is 10.5. The quantitative estimate of drug-likeness (QED) is 0.542. The van der Waals surface area contributed by atoms with Crippen LogP contribution in [0.2, 0.25) is 5.02 Å². The minimum absolute atomic E-state index is 0.0951. The van der Waals surface area contributed by atoms with Crippen LogP contribution in [0.3, 0.4) is 0 Å². The first-order valence-electron chi connectivity index (χ1n) is 8.38. The number of nitrogens with one attached hydrogen (secondary N) is 1. The highest BCUT2D eigenvalue weighted by atomic mass is 35.5. The summed E-state index contributed by atoms with van der Waals surface area (Å²) in [5, 5.41) is 25.3. The third kappa shape index (κ3) is 3.04. The molecule has 2 unspecified atom stereocenters. The molecule has 2 aromatic carbocycles. The van der Waals surface area contributed by atoms with E-state index in [0.717, 1.165) is 0 Å². The lowest BCUT2D eigenvalue weighted by molar-refractivity contribution is -0.384. The smallest absolute Gasteiger partial charge is 0.283 e. The van der Waals surface area contributed by atoms with Crippen LogP contribution in [0.5, 0.6) is 0 Å². The van der Waals surface area contributed by atoms with Crippen molar-refractivity contribution >= 4 is 23.0 Å². The molecule has 2 aromatic rings. The number of rotatable bonds is 2. The summed E-state index contributed by atoms with van der Waals surface area (Å²) >= 11 is 6.54. The van der Waals surface area contributed by atoms with Gasteiger partial charge in [-0.05, 0) is 32.4 Å². The van der Waals surface area contributed by atoms with Gasteiger partial charge in [-0.1, -0.05) is 18.5 Å². The van der Waals surface area contributed by atoms with Gasteiger partial charge in [0.05, 0.1) is 33.2 Å². The van der Waals surface area contributed by atoms with Crippen LogP contribution in [0.1, 0.15) is 37.8 Å². The molecule has 0 aromatic heterocycles. The first-order chi connectivity index (χ1) is 12.5. The fraction of sp³-hybridized carbons (Fsp3) is 0.368. The maximum atomic E-state index is 14.5. The number of anilines is 1. The third-order valence-corrected chi connectivity index (χ3v) is 5.52. The number of nitro groups is 1. The molecule has 1 aliphatic rings. The first kappa shape index (κ1) is 19.5. The van der Waals surface area contributed by atoms with E-state index in [2.05, 4.69) is 5.32 Å². The average molecular weight is 397 g/mol. The van der Waals surface area contributed by atoms with E-state index in [1.54, 1.807) is 13.8 Å². The van der Waals surface area contributed by atoms with Crippen molar-refractivity contribution in [3.63, 3.8) is 0 Å². The predicted molar refractivity (Wildman–Crippen MR) is 100 cm³/mol. The molecule has 0 spiro atoms. The van der Waals surface area contributed by atoms with Gasteiger partial charge in [-0.3, -0.25) is 10.1 Å². The largest absolute Gasteiger partial charge is 0.390 e. The molecule has 144 valence electrons. The molecule has 0 saturated carbocycles. The van der Waals surface area contributed by atoms with Gasteiger partial charge in [0.2, 0.25) is 0 Å². The Morgan fingerprint density at radius 1 is 1.30 bits per heavy atom. The van der Waals surface area contributed by atoms with E-state index in [1.165, 1.54) is 6.07 Å². The van der Waals surface area contributed by atoms with Gasteiger partial charge in [0.25, 0.3) is 5.69 Å². The van der Waals surface area contributed by atoms with Crippen molar-refractivity contribution in [1.29, 1.82) is 0 Å². The molecule has 2 atom stereocenters. The summed E-state index contributed by atoms with van der Waals surface area (Å²) in [6.45, 7) is 7.25.